The van der Waals surface area contributed by atoms with Crippen molar-refractivity contribution >= 4 is 0 Å². The maximum absolute atomic E-state index is 12.4. The van der Waals surface area contributed by atoms with Gasteiger partial charge in [-0.3, -0.25) is 4.57 Å². The lowest BCUT2D eigenvalue weighted by Gasteiger charge is -2.27. The van der Waals surface area contributed by atoms with E-state index < -0.39 is 0 Å². The number of rotatable bonds is 5. The average molecular weight is 319 g/mol. The van der Waals surface area contributed by atoms with E-state index >= 15 is 0 Å². The zero-order valence-electron chi connectivity index (χ0n) is 13.9. The Morgan fingerprint density at radius 1 is 1.39 bits per heavy atom. The molecule has 2 aromatic heterocycles. The van der Waals surface area contributed by atoms with E-state index in [-0.39, 0.29) is 11.7 Å². The smallest absolute Gasteiger partial charge is 0.345 e. The van der Waals surface area contributed by atoms with E-state index in [0.717, 1.165) is 42.8 Å². The first-order chi connectivity index (χ1) is 11.1. The lowest BCUT2D eigenvalue weighted by Crippen LogP contribution is -2.35. The molecule has 2 aromatic rings. The van der Waals surface area contributed by atoms with Gasteiger partial charge >= 0.3 is 5.69 Å². The second-order valence-electron chi connectivity index (χ2n) is 6.47. The van der Waals surface area contributed by atoms with E-state index in [1.807, 2.05) is 6.92 Å². The quantitative estimate of drug-likeness (QED) is 0.895. The third kappa shape index (κ3) is 3.24. The third-order valence-electron chi connectivity index (χ3n) is 4.93. The Morgan fingerprint density at radius 2 is 2.17 bits per heavy atom. The molecule has 23 heavy (non-hydrogen) atoms. The zero-order valence-corrected chi connectivity index (χ0v) is 13.9. The molecule has 7 nitrogen and oxygen atoms in total. The Labute approximate surface area is 135 Å². The molecule has 1 saturated carbocycles. The minimum absolute atomic E-state index is 0.104. The summed E-state index contributed by atoms with van der Waals surface area (Å²) < 4.78 is 8.14. The Balaban J connectivity index is 1.79. The van der Waals surface area contributed by atoms with Crippen molar-refractivity contribution in [2.24, 2.45) is 18.7 Å². The Kier molecular flexibility index (Phi) is 4.66. The highest BCUT2D eigenvalue weighted by Crippen LogP contribution is 2.25. The topological polar surface area (TPSA) is 91.9 Å². The lowest BCUT2D eigenvalue weighted by atomic mass is 9.83. The fourth-order valence-corrected chi connectivity index (χ4v) is 3.40. The molecule has 0 radical (unpaired) electrons. The number of nitrogens with zero attached hydrogens (tertiary/aromatic N) is 4. The van der Waals surface area contributed by atoms with Crippen LogP contribution in [0.25, 0.3) is 0 Å². The van der Waals surface area contributed by atoms with Crippen LogP contribution in [0.15, 0.2) is 15.6 Å². The van der Waals surface area contributed by atoms with Gasteiger partial charge in [0, 0.05) is 25.1 Å². The maximum Gasteiger partial charge on any atom is 0.345 e. The molecule has 0 unspecified atom stereocenters. The highest BCUT2D eigenvalue weighted by Gasteiger charge is 2.24. The predicted molar refractivity (Wildman–Crippen MR) is 86.1 cm³/mol. The summed E-state index contributed by atoms with van der Waals surface area (Å²) in [6, 6.07) is 0.216. The minimum atomic E-state index is -0.104. The van der Waals surface area contributed by atoms with Gasteiger partial charge in [-0.05, 0) is 25.2 Å². The molecule has 126 valence electrons. The van der Waals surface area contributed by atoms with Crippen LogP contribution in [0.5, 0.6) is 0 Å². The normalized spacial score (nSPS) is 21.7. The highest BCUT2D eigenvalue weighted by atomic mass is 16.5. The third-order valence-corrected chi connectivity index (χ3v) is 4.93. The molecule has 2 atom stereocenters. The lowest BCUT2D eigenvalue weighted by molar-refractivity contribution is 0.300. The molecule has 1 aliphatic carbocycles. The highest BCUT2D eigenvalue weighted by molar-refractivity contribution is 5.14. The van der Waals surface area contributed by atoms with E-state index in [0.29, 0.717) is 12.5 Å². The van der Waals surface area contributed by atoms with E-state index in [1.54, 1.807) is 17.9 Å². The summed E-state index contributed by atoms with van der Waals surface area (Å²) in [4.78, 5) is 12.4. The van der Waals surface area contributed by atoms with Crippen molar-refractivity contribution in [3.8, 4) is 0 Å². The van der Waals surface area contributed by atoms with Gasteiger partial charge < -0.3 is 10.3 Å². The van der Waals surface area contributed by atoms with Crippen LogP contribution in [-0.2, 0) is 26.4 Å². The van der Waals surface area contributed by atoms with Gasteiger partial charge in [-0.15, -0.1) is 0 Å². The Hall–Kier alpha value is -1.89. The van der Waals surface area contributed by atoms with Gasteiger partial charge in [0.15, 0.2) is 0 Å². The van der Waals surface area contributed by atoms with Gasteiger partial charge in [-0.25, -0.2) is 9.48 Å². The number of aromatic nitrogens is 4. The van der Waals surface area contributed by atoms with Gasteiger partial charge in [-0.2, -0.15) is 5.10 Å². The summed E-state index contributed by atoms with van der Waals surface area (Å²) >= 11 is 0. The largest absolute Gasteiger partial charge is 0.364 e. The van der Waals surface area contributed by atoms with Crippen LogP contribution >= 0.6 is 0 Å². The fraction of sp³-hybridized carbons (Fsp3) is 0.688. The number of nitrogens with two attached hydrogens (primary N) is 1. The number of hydrogen-bond acceptors (Lipinski definition) is 5. The van der Waals surface area contributed by atoms with Crippen molar-refractivity contribution in [3.05, 3.63) is 33.8 Å². The molecule has 0 bridgehead atoms. The first-order valence-corrected chi connectivity index (χ1v) is 8.40. The van der Waals surface area contributed by atoms with Crippen LogP contribution in [0.3, 0.4) is 0 Å². The summed E-state index contributed by atoms with van der Waals surface area (Å²) in [5.74, 6) is 1.23. The van der Waals surface area contributed by atoms with E-state index in [9.17, 15) is 4.79 Å². The zero-order chi connectivity index (χ0) is 16.4. The molecule has 2 heterocycles. The van der Waals surface area contributed by atoms with E-state index in [1.165, 1.54) is 17.5 Å². The van der Waals surface area contributed by atoms with Crippen LogP contribution in [0, 0.1) is 5.92 Å². The molecule has 7 heteroatoms. The van der Waals surface area contributed by atoms with Crippen molar-refractivity contribution in [2.75, 3.05) is 0 Å². The van der Waals surface area contributed by atoms with E-state index in [2.05, 4.69) is 10.3 Å². The van der Waals surface area contributed by atoms with Crippen molar-refractivity contribution in [1.29, 1.82) is 0 Å². The summed E-state index contributed by atoms with van der Waals surface area (Å²) in [5.41, 5.74) is 7.91. The molecule has 2 N–H and O–H groups in total. The molecular formula is C16H25N5O2. The maximum atomic E-state index is 12.4. The monoisotopic (exact) mass is 319 g/mol. The van der Waals surface area contributed by atoms with Crippen LogP contribution < -0.4 is 11.4 Å². The van der Waals surface area contributed by atoms with Crippen LogP contribution in [0.4, 0.5) is 0 Å². The van der Waals surface area contributed by atoms with Crippen molar-refractivity contribution in [3.63, 3.8) is 0 Å². The number of aryl methyl sites for hydroxylation is 1. The van der Waals surface area contributed by atoms with Crippen molar-refractivity contribution in [1.82, 2.24) is 19.5 Å². The van der Waals surface area contributed by atoms with Crippen LogP contribution in [0.1, 0.15) is 49.7 Å². The second-order valence-corrected chi connectivity index (χ2v) is 6.47. The Morgan fingerprint density at radius 3 is 2.91 bits per heavy atom. The summed E-state index contributed by atoms with van der Waals surface area (Å²) in [7, 11) is 1.78. The second kappa shape index (κ2) is 6.70. The van der Waals surface area contributed by atoms with Crippen molar-refractivity contribution < 1.29 is 4.52 Å². The van der Waals surface area contributed by atoms with Gasteiger partial charge in [0.25, 0.3) is 0 Å². The molecule has 1 fully saturated rings. The Bertz CT molecular complexity index is 714. The first-order valence-electron chi connectivity index (χ1n) is 8.40. The summed E-state index contributed by atoms with van der Waals surface area (Å²) in [5, 5.41) is 8.48. The van der Waals surface area contributed by atoms with Gasteiger partial charge in [0.1, 0.15) is 12.1 Å². The first kappa shape index (κ1) is 16.0. The molecule has 0 saturated heterocycles. The molecule has 0 aromatic carbocycles. The molecule has 0 amide bonds. The van der Waals surface area contributed by atoms with Crippen LogP contribution in [0.2, 0.25) is 0 Å². The van der Waals surface area contributed by atoms with Gasteiger partial charge in [-0.1, -0.05) is 24.9 Å². The van der Waals surface area contributed by atoms with Gasteiger partial charge in [0.05, 0.1) is 12.2 Å². The van der Waals surface area contributed by atoms with Gasteiger partial charge in [0.2, 0.25) is 0 Å². The predicted octanol–water partition coefficient (Wildman–Crippen LogP) is 1.24. The van der Waals surface area contributed by atoms with Crippen LogP contribution in [-0.4, -0.2) is 25.5 Å². The average Bonchev–Trinajstić information content (AvgIpc) is 3.10. The minimum Gasteiger partial charge on any atom is -0.364 e. The summed E-state index contributed by atoms with van der Waals surface area (Å²) in [6.45, 7) is 2.41. The SMILES string of the molecule is CCc1nocc1Cn1nc(C[C@H]2CCCC[C@H]2N)n(C)c1=O. The summed E-state index contributed by atoms with van der Waals surface area (Å²) in [6.07, 6.45) is 7.75. The van der Waals surface area contributed by atoms with E-state index in [4.69, 9.17) is 10.3 Å². The standard InChI is InChI=1S/C16H25N5O2/c1-3-14-12(10-23-19-14)9-21-16(22)20(2)15(18-21)8-11-6-4-5-7-13(11)17/h10-11,13H,3-9,17H2,1-2H3/t11-,13-/m1/s1. The molecule has 3 rings (SSSR count). The molecular weight excluding hydrogens is 294 g/mol. The fourth-order valence-electron chi connectivity index (χ4n) is 3.40. The molecule has 1 aliphatic rings. The number of hydrogen-bond donors (Lipinski definition) is 1. The molecule has 0 aliphatic heterocycles. The van der Waals surface area contributed by atoms with Crippen molar-refractivity contribution in [2.45, 2.75) is 58.0 Å². The molecule has 0 spiro atoms.